The summed E-state index contributed by atoms with van der Waals surface area (Å²) in [6.45, 7) is 9.06. The first-order valence-electron chi connectivity index (χ1n) is 13.5. The molecule has 8 nitrogen and oxygen atoms in total. The smallest absolute Gasteiger partial charge is 0.261 e. The molecule has 0 radical (unpaired) electrons. The zero-order valence-corrected chi connectivity index (χ0v) is 22.8. The Morgan fingerprint density at radius 2 is 2.00 bits per heavy atom. The van der Waals surface area contributed by atoms with Crippen LogP contribution in [-0.2, 0) is 13.0 Å². The normalized spacial score (nSPS) is 16.5. The van der Waals surface area contributed by atoms with Gasteiger partial charge in [-0.2, -0.15) is 0 Å². The van der Waals surface area contributed by atoms with Gasteiger partial charge in [-0.3, -0.25) is 9.59 Å². The highest BCUT2D eigenvalue weighted by atomic mass is 32.1. The van der Waals surface area contributed by atoms with Crippen LogP contribution >= 0.6 is 11.3 Å². The van der Waals surface area contributed by atoms with Gasteiger partial charge in [-0.15, -0.1) is 11.3 Å². The molecule has 2 aliphatic rings. The molecule has 1 atom stereocenters. The predicted octanol–water partition coefficient (Wildman–Crippen LogP) is 4.77. The average molecular weight is 531 g/mol. The third kappa shape index (κ3) is 4.88. The number of anilines is 1. The van der Waals surface area contributed by atoms with Crippen molar-refractivity contribution in [3.05, 3.63) is 67.8 Å². The highest BCUT2D eigenvalue weighted by molar-refractivity contribution is 7.10. The van der Waals surface area contributed by atoms with E-state index in [2.05, 4.69) is 45.5 Å². The van der Waals surface area contributed by atoms with E-state index >= 15 is 0 Å². The molecule has 0 bridgehead atoms. The molecule has 0 spiro atoms. The van der Waals surface area contributed by atoms with Crippen LogP contribution in [0.3, 0.4) is 0 Å². The van der Waals surface area contributed by atoms with Crippen molar-refractivity contribution in [2.24, 2.45) is 0 Å². The molecule has 38 heavy (non-hydrogen) atoms. The number of aromatic nitrogens is 3. The van der Waals surface area contributed by atoms with Gasteiger partial charge in [0.25, 0.3) is 11.5 Å². The third-order valence-corrected chi connectivity index (χ3v) is 8.79. The second-order valence-electron chi connectivity index (χ2n) is 10.6. The zero-order chi connectivity index (χ0) is 26.2. The summed E-state index contributed by atoms with van der Waals surface area (Å²) in [7, 11) is 0. The average Bonchev–Trinajstić information content (AvgIpc) is 3.68. The monoisotopic (exact) mass is 530 g/mol. The number of carbonyl (C=O) groups is 1. The first-order chi connectivity index (χ1) is 18.5. The topological polar surface area (TPSA) is 97.1 Å². The fourth-order valence-electron chi connectivity index (χ4n) is 5.71. The van der Waals surface area contributed by atoms with E-state index in [0.29, 0.717) is 23.4 Å². The number of thiophene rings is 1. The van der Waals surface area contributed by atoms with Gasteiger partial charge in [-0.1, -0.05) is 0 Å². The maximum atomic E-state index is 13.1. The fourth-order valence-corrected chi connectivity index (χ4v) is 6.75. The molecular formula is C29H34N6O2S. The number of H-pyrrole nitrogens is 2. The third-order valence-electron chi connectivity index (χ3n) is 7.75. The molecule has 2 aliphatic heterocycles. The summed E-state index contributed by atoms with van der Waals surface area (Å²) in [6.07, 6.45) is 6.10. The number of imidazole rings is 1. The van der Waals surface area contributed by atoms with Gasteiger partial charge in [-0.25, -0.2) is 4.98 Å². The number of rotatable bonds is 9. The van der Waals surface area contributed by atoms with Crippen LogP contribution in [0.25, 0.3) is 22.4 Å². The van der Waals surface area contributed by atoms with Gasteiger partial charge in [0.15, 0.2) is 0 Å². The Kier molecular flexibility index (Phi) is 6.80. The summed E-state index contributed by atoms with van der Waals surface area (Å²) in [6, 6.07) is 8.04. The van der Waals surface area contributed by atoms with Gasteiger partial charge in [0.2, 0.25) is 0 Å². The molecule has 9 heteroatoms. The second-order valence-corrected chi connectivity index (χ2v) is 11.6. The van der Waals surface area contributed by atoms with Crippen molar-refractivity contribution in [1.29, 1.82) is 0 Å². The lowest BCUT2D eigenvalue weighted by atomic mass is 10.1. The van der Waals surface area contributed by atoms with Crippen LogP contribution in [0.15, 0.2) is 40.6 Å². The second kappa shape index (κ2) is 10.4. The Morgan fingerprint density at radius 1 is 1.16 bits per heavy atom. The standard InChI is InChI=1S/C29H34N6O2S/c1-18-7-13-38-25(18)14-19(2)31-22-6-8-30-28(36)26(22)27-32-23-15-20-17-35(12-5-11-34-9-3-4-10-34)29(37)21(20)16-24(23)33-27/h6-8,13,15-16,19H,3-5,9-12,14,17H2,1-2H3,(H,32,33)(H2,30,31,36). The van der Waals surface area contributed by atoms with Gasteiger partial charge in [0, 0.05) is 42.2 Å². The van der Waals surface area contributed by atoms with Crippen molar-refractivity contribution in [2.75, 3.05) is 31.5 Å². The van der Waals surface area contributed by atoms with Crippen LogP contribution in [-0.4, -0.2) is 62.9 Å². The molecular weight excluding hydrogens is 496 g/mol. The summed E-state index contributed by atoms with van der Waals surface area (Å²) < 4.78 is 0. The van der Waals surface area contributed by atoms with E-state index in [0.717, 1.165) is 48.3 Å². The number of nitrogens with one attached hydrogen (secondary N) is 3. The van der Waals surface area contributed by atoms with E-state index in [1.54, 1.807) is 17.5 Å². The van der Waals surface area contributed by atoms with Crippen LogP contribution in [0.1, 0.15) is 52.5 Å². The van der Waals surface area contributed by atoms with Crippen molar-refractivity contribution in [1.82, 2.24) is 24.8 Å². The van der Waals surface area contributed by atoms with Crippen molar-refractivity contribution in [3.63, 3.8) is 0 Å². The van der Waals surface area contributed by atoms with Crippen molar-refractivity contribution in [3.8, 4) is 11.4 Å². The number of nitrogens with zero attached hydrogens (tertiary/aromatic N) is 3. The van der Waals surface area contributed by atoms with Gasteiger partial charge in [0.1, 0.15) is 11.4 Å². The molecule has 3 aromatic heterocycles. The van der Waals surface area contributed by atoms with Gasteiger partial charge < -0.3 is 25.1 Å². The summed E-state index contributed by atoms with van der Waals surface area (Å²) in [4.78, 5) is 42.8. The maximum absolute atomic E-state index is 13.1. The summed E-state index contributed by atoms with van der Waals surface area (Å²) in [5, 5.41) is 5.63. The molecule has 1 aromatic carbocycles. The van der Waals surface area contributed by atoms with Crippen LogP contribution in [0.2, 0.25) is 0 Å². The molecule has 5 heterocycles. The molecule has 1 saturated heterocycles. The highest BCUT2D eigenvalue weighted by Crippen LogP contribution is 2.30. The number of carbonyl (C=O) groups excluding carboxylic acids is 1. The van der Waals surface area contributed by atoms with Gasteiger partial charge in [0.05, 0.1) is 16.7 Å². The molecule has 6 rings (SSSR count). The molecule has 1 unspecified atom stereocenters. The lowest BCUT2D eigenvalue weighted by Gasteiger charge is -2.19. The molecule has 0 aliphatic carbocycles. The zero-order valence-electron chi connectivity index (χ0n) is 22.0. The fraction of sp³-hybridized carbons (Fsp3) is 0.414. The minimum Gasteiger partial charge on any atom is -0.381 e. The summed E-state index contributed by atoms with van der Waals surface area (Å²) in [5.74, 6) is 0.577. The molecule has 0 saturated carbocycles. The Balaban J connectivity index is 1.21. The number of likely N-dealkylation sites (tertiary alicyclic amines) is 1. The number of amides is 1. The minimum absolute atomic E-state index is 0.0745. The largest absolute Gasteiger partial charge is 0.381 e. The number of pyridine rings is 1. The highest BCUT2D eigenvalue weighted by Gasteiger charge is 2.28. The summed E-state index contributed by atoms with van der Waals surface area (Å²) >= 11 is 1.76. The lowest BCUT2D eigenvalue weighted by molar-refractivity contribution is 0.0772. The van der Waals surface area contributed by atoms with Crippen molar-refractivity contribution in [2.45, 2.75) is 52.1 Å². The lowest BCUT2D eigenvalue weighted by Crippen LogP contribution is -2.29. The first-order valence-corrected chi connectivity index (χ1v) is 14.4. The minimum atomic E-state index is -0.207. The molecule has 198 valence electrons. The molecule has 1 fully saturated rings. The van der Waals surface area contributed by atoms with E-state index < -0.39 is 0 Å². The Morgan fingerprint density at radius 3 is 2.79 bits per heavy atom. The van der Waals surface area contributed by atoms with Gasteiger partial charge in [-0.05, 0) is 93.5 Å². The number of hydrogen-bond donors (Lipinski definition) is 3. The van der Waals surface area contributed by atoms with Crippen LogP contribution in [0, 0.1) is 6.92 Å². The number of fused-ring (bicyclic) bond motifs is 2. The number of aromatic amines is 2. The number of aryl methyl sites for hydroxylation is 1. The summed E-state index contributed by atoms with van der Waals surface area (Å²) in [5.41, 5.74) is 5.57. The predicted molar refractivity (Wildman–Crippen MR) is 153 cm³/mol. The first kappa shape index (κ1) is 24.9. The van der Waals surface area contributed by atoms with E-state index in [1.807, 2.05) is 23.1 Å². The number of hydrogen-bond acceptors (Lipinski definition) is 6. The van der Waals surface area contributed by atoms with Crippen LogP contribution in [0.5, 0.6) is 0 Å². The van der Waals surface area contributed by atoms with Gasteiger partial charge >= 0.3 is 0 Å². The van der Waals surface area contributed by atoms with E-state index in [1.165, 1.54) is 36.4 Å². The van der Waals surface area contributed by atoms with Crippen molar-refractivity contribution < 1.29 is 4.79 Å². The SMILES string of the molecule is Cc1ccsc1CC(C)Nc1cc[nH]c(=O)c1-c1nc2cc3c(cc2[nH]1)CN(CCCN1CCCC1)C3=O. The van der Waals surface area contributed by atoms with Crippen LogP contribution in [0.4, 0.5) is 5.69 Å². The molecule has 3 N–H and O–H groups in total. The quantitative estimate of drug-likeness (QED) is 0.290. The van der Waals surface area contributed by atoms with Crippen molar-refractivity contribution >= 4 is 34.0 Å². The van der Waals surface area contributed by atoms with E-state index in [9.17, 15) is 9.59 Å². The Bertz CT molecular complexity index is 1530. The maximum Gasteiger partial charge on any atom is 0.261 e. The van der Waals surface area contributed by atoms with E-state index in [-0.39, 0.29) is 17.5 Å². The Labute approximate surface area is 226 Å². The van der Waals surface area contributed by atoms with E-state index in [4.69, 9.17) is 4.98 Å². The Hall–Kier alpha value is -3.43. The van der Waals surface area contributed by atoms with Crippen LogP contribution < -0.4 is 10.9 Å². The molecule has 1 amide bonds. The molecule has 4 aromatic rings. The number of benzene rings is 1.